The minimum Gasteiger partial charge on any atom is -0.383 e. The van der Waals surface area contributed by atoms with Crippen LogP contribution in [0.1, 0.15) is 24.5 Å². The second-order valence-corrected chi connectivity index (χ2v) is 8.09. The maximum Gasteiger partial charge on any atom is 0.324 e. The highest BCUT2D eigenvalue weighted by molar-refractivity contribution is 9.10. The molecule has 9 nitrogen and oxygen atoms in total. The van der Waals surface area contributed by atoms with Crippen LogP contribution in [-0.4, -0.2) is 48.6 Å². The van der Waals surface area contributed by atoms with E-state index in [-0.39, 0.29) is 23.9 Å². The fourth-order valence-corrected chi connectivity index (χ4v) is 4.68. The Labute approximate surface area is 168 Å². The van der Waals surface area contributed by atoms with Gasteiger partial charge in [0.2, 0.25) is 0 Å². The lowest BCUT2D eigenvalue weighted by molar-refractivity contribution is -0.122. The number of imide groups is 1. The van der Waals surface area contributed by atoms with Crippen molar-refractivity contribution in [3.05, 3.63) is 34.8 Å². The first-order valence-electron chi connectivity index (χ1n) is 9.00. The summed E-state index contributed by atoms with van der Waals surface area (Å²) in [6.07, 6.45) is 7.08. The monoisotopic (exact) mass is 443 g/mol. The molecule has 0 bridgehead atoms. The molecular weight excluding hydrogens is 426 g/mol. The number of urea groups is 1. The van der Waals surface area contributed by atoms with E-state index in [1.54, 1.807) is 15.6 Å². The number of piperidine rings is 1. The number of rotatable bonds is 2. The number of fused-ring (bicyclic) bond motifs is 2. The molecule has 3 aromatic rings. The van der Waals surface area contributed by atoms with Crippen LogP contribution in [0, 0.1) is 0 Å². The molecule has 2 fully saturated rings. The van der Waals surface area contributed by atoms with Crippen LogP contribution in [-0.2, 0) is 11.8 Å². The predicted octanol–water partition coefficient (Wildman–Crippen LogP) is 1.88. The van der Waals surface area contributed by atoms with E-state index < -0.39 is 0 Å². The Balaban J connectivity index is 1.59. The summed E-state index contributed by atoms with van der Waals surface area (Å²) in [6, 6.07) is 1.29. The van der Waals surface area contributed by atoms with Crippen molar-refractivity contribution < 1.29 is 9.59 Å². The van der Waals surface area contributed by atoms with E-state index >= 15 is 0 Å². The van der Waals surface area contributed by atoms with Gasteiger partial charge in [-0.3, -0.25) is 10.1 Å². The molecule has 0 aromatic carbocycles. The van der Waals surface area contributed by atoms with Crippen LogP contribution in [0.3, 0.4) is 0 Å². The third kappa shape index (κ3) is 2.44. The maximum atomic E-state index is 12.1. The molecule has 0 spiro atoms. The number of hydrogen-bond donors (Lipinski definition) is 2. The van der Waals surface area contributed by atoms with Crippen molar-refractivity contribution in [2.24, 2.45) is 7.05 Å². The van der Waals surface area contributed by atoms with E-state index in [0.717, 1.165) is 23.2 Å². The number of amides is 3. The number of aromatic nitrogens is 4. The Morgan fingerprint density at radius 2 is 2.14 bits per heavy atom. The molecule has 2 aliphatic heterocycles. The van der Waals surface area contributed by atoms with Crippen molar-refractivity contribution in [3.63, 3.8) is 0 Å². The number of nitrogen functional groups attached to an aromatic ring is 1. The summed E-state index contributed by atoms with van der Waals surface area (Å²) >= 11 is 3.57. The zero-order valence-electron chi connectivity index (χ0n) is 15.1. The number of nitrogens with one attached hydrogen (secondary N) is 1. The number of nitrogens with two attached hydrogens (primary N) is 1. The summed E-state index contributed by atoms with van der Waals surface area (Å²) in [5, 5.41) is 6.79. The minimum absolute atomic E-state index is 0.0203. The Kier molecular flexibility index (Phi) is 3.73. The van der Waals surface area contributed by atoms with Crippen molar-refractivity contribution >= 4 is 39.3 Å². The first kappa shape index (κ1) is 17.2. The highest BCUT2D eigenvalue weighted by atomic mass is 79.9. The normalized spacial score (nSPS) is 22.0. The van der Waals surface area contributed by atoms with Gasteiger partial charge in [-0.2, -0.15) is 9.61 Å². The van der Waals surface area contributed by atoms with Crippen LogP contribution in [0.2, 0.25) is 0 Å². The quantitative estimate of drug-likeness (QED) is 0.587. The number of aryl methyl sites for hydroxylation is 1. The topological polar surface area (TPSA) is 111 Å². The highest BCUT2D eigenvalue weighted by Gasteiger charge is 2.43. The van der Waals surface area contributed by atoms with Gasteiger partial charge in [0.15, 0.2) is 5.65 Å². The van der Waals surface area contributed by atoms with Gasteiger partial charge in [-0.05, 0) is 34.8 Å². The Hall–Kier alpha value is -2.88. The van der Waals surface area contributed by atoms with Crippen LogP contribution in [0.4, 0.5) is 10.6 Å². The molecule has 3 N–H and O–H groups in total. The summed E-state index contributed by atoms with van der Waals surface area (Å²) in [7, 11) is 1.96. The summed E-state index contributed by atoms with van der Waals surface area (Å²) < 4.78 is 4.26. The third-order valence-electron chi connectivity index (χ3n) is 5.55. The fraction of sp³-hybridized carbons (Fsp3) is 0.333. The molecular formula is C18H18BrN7O2. The summed E-state index contributed by atoms with van der Waals surface area (Å²) in [5.41, 5.74) is 9.70. The SMILES string of the molecule is Cn1ccc(-c2cnn3c(N)c(Br)c(C4CCC5C(=O)NC(=O)N5C4)nc23)c1. The first-order chi connectivity index (χ1) is 13.4. The number of halogens is 1. The number of anilines is 1. The second kappa shape index (κ2) is 6.06. The largest absolute Gasteiger partial charge is 0.383 e. The van der Waals surface area contributed by atoms with Crippen LogP contribution in [0.15, 0.2) is 29.1 Å². The third-order valence-corrected chi connectivity index (χ3v) is 6.37. The van der Waals surface area contributed by atoms with Gasteiger partial charge in [-0.15, -0.1) is 0 Å². The summed E-state index contributed by atoms with van der Waals surface area (Å²) in [5.74, 6) is 0.229. The summed E-state index contributed by atoms with van der Waals surface area (Å²) in [6.45, 7) is 0.429. The van der Waals surface area contributed by atoms with Gasteiger partial charge >= 0.3 is 6.03 Å². The standard InChI is InChI=1S/C18H18BrN7O2/c1-24-5-4-9(7-24)11-6-21-26-15(20)13(19)14(22-16(11)26)10-2-3-12-17(27)23-18(28)25(12)8-10/h4-7,10,12H,2-3,8,20H2,1H3,(H,23,27,28). The molecule has 3 amide bonds. The van der Waals surface area contributed by atoms with Crippen LogP contribution in [0.5, 0.6) is 0 Å². The number of carbonyl (C=O) groups is 2. The summed E-state index contributed by atoms with van der Waals surface area (Å²) in [4.78, 5) is 30.5. The van der Waals surface area contributed by atoms with Crippen molar-refractivity contribution in [2.45, 2.75) is 24.8 Å². The molecule has 5 rings (SSSR count). The number of nitrogens with zero attached hydrogens (tertiary/aromatic N) is 5. The lowest BCUT2D eigenvalue weighted by atomic mass is 9.90. The zero-order chi connectivity index (χ0) is 19.6. The highest BCUT2D eigenvalue weighted by Crippen LogP contribution is 2.38. The lowest BCUT2D eigenvalue weighted by Gasteiger charge is -2.33. The smallest absolute Gasteiger partial charge is 0.324 e. The Bertz CT molecular complexity index is 1130. The van der Waals surface area contributed by atoms with Crippen molar-refractivity contribution in [1.29, 1.82) is 0 Å². The first-order valence-corrected chi connectivity index (χ1v) is 9.79. The van der Waals surface area contributed by atoms with E-state index in [1.807, 2.05) is 30.1 Å². The maximum absolute atomic E-state index is 12.1. The van der Waals surface area contributed by atoms with Gasteiger partial charge < -0.3 is 15.2 Å². The predicted molar refractivity (Wildman–Crippen MR) is 106 cm³/mol. The molecule has 2 aliphatic rings. The van der Waals surface area contributed by atoms with E-state index in [2.05, 4.69) is 26.3 Å². The molecule has 10 heteroatoms. The fourth-order valence-electron chi connectivity index (χ4n) is 4.10. The Morgan fingerprint density at radius 3 is 2.89 bits per heavy atom. The van der Waals surface area contributed by atoms with Gasteiger partial charge in [0.05, 0.1) is 16.4 Å². The molecule has 0 aliphatic carbocycles. The molecule has 5 heterocycles. The molecule has 0 radical (unpaired) electrons. The molecule has 2 atom stereocenters. The van der Waals surface area contributed by atoms with Crippen LogP contribution >= 0.6 is 15.9 Å². The Morgan fingerprint density at radius 1 is 1.32 bits per heavy atom. The average Bonchev–Trinajstić information content (AvgIpc) is 3.36. The molecule has 3 aromatic heterocycles. The van der Waals surface area contributed by atoms with Gasteiger partial charge in [-0.25, -0.2) is 9.78 Å². The van der Waals surface area contributed by atoms with Crippen molar-refractivity contribution in [1.82, 2.24) is 29.4 Å². The number of carbonyl (C=O) groups excluding carboxylic acids is 2. The zero-order valence-corrected chi connectivity index (χ0v) is 16.7. The van der Waals surface area contributed by atoms with E-state index in [0.29, 0.717) is 28.9 Å². The average molecular weight is 444 g/mol. The lowest BCUT2D eigenvalue weighted by Crippen LogP contribution is -2.42. The van der Waals surface area contributed by atoms with Crippen molar-refractivity contribution in [3.8, 4) is 11.1 Å². The van der Waals surface area contributed by atoms with Gasteiger partial charge in [-0.1, -0.05) is 0 Å². The molecule has 0 saturated carbocycles. The molecule has 28 heavy (non-hydrogen) atoms. The van der Waals surface area contributed by atoms with Crippen LogP contribution in [0.25, 0.3) is 16.8 Å². The number of hydrogen-bond acceptors (Lipinski definition) is 5. The van der Waals surface area contributed by atoms with E-state index in [4.69, 9.17) is 10.7 Å². The molecule has 144 valence electrons. The molecule has 2 unspecified atom stereocenters. The second-order valence-electron chi connectivity index (χ2n) is 7.29. The van der Waals surface area contributed by atoms with Crippen LogP contribution < -0.4 is 11.1 Å². The van der Waals surface area contributed by atoms with Gasteiger partial charge in [0.25, 0.3) is 5.91 Å². The van der Waals surface area contributed by atoms with Gasteiger partial charge in [0.1, 0.15) is 11.9 Å². The molecule has 2 saturated heterocycles. The van der Waals surface area contributed by atoms with Crippen molar-refractivity contribution in [2.75, 3.05) is 12.3 Å². The van der Waals surface area contributed by atoms with Gasteiger partial charge in [0, 0.05) is 43.0 Å². The minimum atomic E-state index is -0.376. The van der Waals surface area contributed by atoms with E-state index in [9.17, 15) is 9.59 Å². The van der Waals surface area contributed by atoms with E-state index in [1.165, 1.54) is 0 Å².